The number of hydrogen-bond donors (Lipinski definition) is 2. The topological polar surface area (TPSA) is 84.7 Å². The summed E-state index contributed by atoms with van der Waals surface area (Å²) in [7, 11) is 1.70. The summed E-state index contributed by atoms with van der Waals surface area (Å²) in [5.74, 6) is 0.496. The molecule has 0 aromatic heterocycles. The van der Waals surface area contributed by atoms with Gasteiger partial charge in [0.15, 0.2) is 0 Å². The number of rotatable bonds is 7. The number of nitrogens with one attached hydrogen (secondary N) is 1. The van der Waals surface area contributed by atoms with Crippen LogP contribution in [0.15, 0.2) is 72.8 Å². The Bertz CT molecular complexity index is 1420. The third-order valence-corrected chi connectivity index (χ3v) is 9.93. The maximum absolute atomic E-state index is 13.9. The lowest BCUT2D eigenvalue weighted by atomic mass is 9.47. The van der Waals surface area contributed by atoms with E-state index in [0.717, 1.165) is 56.4 Å². The van der Waals surface area contributed by atoms with Crippen LogP contribution in [-0.4, -0.2) is 43.0 Å². The van der Waals surface area contributed by atoms with Crippen molar-refractivity contribution in [2.24, 2.45) is 11.1 Å². The van der Waals surface area contributed by atoms with Crippen LogP contribution in [0.25, 0.3) is 0 Å². The highest BCUT2D eigenvalue weighted by molar-refractivity contribution is 6.22. The highest BCUT2D eigenvalue weighted by Crippen LogP contribution is 2.62. The molecule has 3 aromatic carbocycles. The van der Waals surface area contributed by atoms with Gasteiger partial charge in [0.2, 0.25) is 0 Å². The number of hydrogen-bond acceptors (Lipinski definition) is 5. The Labute approximate surface area is 236 Å². The molecule has 1 saturated carbocycles. The van der Waals surface area contributed by atoms with E-state index >= 15 is 0 Å². The number of nitrogens with zero attached hydrogens (tertiary/aromatic N) is 1. The molecule has 6 rings (SSSR count). The van der Waals surface area contributed by atoms with Gasteiger partial charge in [-0.1, -0.05) is 61.5 Å². The number of imide groups is 1. The first-order valence-electron chi connectivity index (χ1n) is 14.5. The minimum Gasteiger partial charge on any atom is -0.497 e. The number of benzene rings is 3. The molecule has 2 heterocycles. The lowest BCUT2D eigenvalue weighted by molar-refractivity contribution is -0.0113. The second-order valence-electron chi connectivity index (χ2n) is 12.0. The molecule has 0 bridgehead atoms. The van der Waals surface area contributed by atoms with E-state index in [1.807, 2.05) is 36.4 Å². The number of ether oxygens (including phenoxy) is 1. The second-order valence-corrected chi connectivity index (χ2v) is 12.0. The van der Waals surface area contributed by atoms with Crippen LogP contribution in [0, 0.1) is 5.41 Å². The van der Waals surface area contributed by atoms with Gasteiger partial charge in [-0.3, -0.25) is 14.5 Å². The number of carbonyl (C=O) groups excluding carboxylic acids is 2. The van der Waals surface area contributed by atoms with Gasteiger partial charge < -0.3 is 15.8 Å². The fourth-order valence-electron chi connectivity index (χ4n) is 7.83. The van der Waals surface area contributed by atoms with Gasteiger partial charge in [-0.25, -0.2) is 0 Å². The molecule has 3 aliphatic rings. The van der Waals surface area contributed by atoms with Crippen molar-refractivity contribution < 1.29 is 14.3 Å². The second kappa shape index (κ2) is 10.5. The summed E-state index contributed by atoms with van der Waals surface area (Å²) >= 11 is 0. The number of fused-ring (bicyclic) bond motifs is 2. The third-order valence-electron chi connectivity index (χ3n) is 9.93. The Morgan fingerprint density at radius 1 is 1.00 bits per heavy atom. The fourth-order valence-corrected chi connectivity index (χ4v) is 7.83. The molecule has 0 radical (unpaired) electrons. The molecule has 3 aromatic rings. The number of piperidine rings is 1. The van der Waals surface area contributed by atoms with E-state index in [4.69, 9.17) is 10.5 Å². The van der Waals surface area contributed by atoms with Gasteiger partial charge in [-0.15, -0.1) is 0 Å². The Morgan fingerprint density at radius 2 is 1.80 bits per heavy atom. The van der Waals surface area contributed by atoms with Crippen LogP contribution >= 0.6 is 0 Å². The van der Waals surface area contributed by atoms with Gasteiger partial charge >= 0.3 is 0 Å². The number of methoxy groups -OCH3 is 1. The average Bonchev–Trinajstić information content (AvgIpc) is 3.22. The van der Waals surface area contributed by atoms with E-state index < -0.39 is 0 Å². The van der Waals surface area contributed by atoms with Crippen LogP contribution in [0.5, 0.6) is 5.75 Å². The van der Waals surface area contributed by atoms with Gasteiger partial charge in [0, 0.05) is 24.0 Å². The van der Waals surface area contributed by atoms with Crippen molar-refractivity contribution in [1.82, 2.24) is 10.2 Å². The van der Waals surface area contributed by atoms with Crippen LogP contribution in [0.2, 0.25) is 0 Å². The Hall–Kier alpha value is -3.48. The number of nitrogens with two attached hydrogens (primary N) is 1. The Morgan fingerprint density at radius 3 is 2.60 bits per heavy atom. The average molecular weight is 538 g/mol. The van der Waals surface area contributed by atoms with E-state index in [-0.39, 0.29) is 34.7 Å². The summed E-state index contributed by atoms with van der Waals surface area (Å²) in [6.45, 7) is 3.57. The molecule has 4 atom stereocenters. The van der Waals surface area contributed by atoms with Gasteiger partial charge in [-0.2, -0.15) is 0 Å². The van der Waals surface area contributed by atoms with Crippen LogP contribution in [0.4, 0.5) is 0 Å². The smallest absolute Gasteiger partial charge is 0.261 e. The summed E-state index contributed by atoms with van der Waals surface area (Å²) < 4.78 is 5.62. The number of carbonyl (C=O) groups is 2. The molecule has 1 saturated heterocycles. The van der Waals surface area contributed by atoms with Crippen LogP contribution < -0.4 is 15.8 Å². The molecule has 40 heavy (non-hydrogen) atoms. The van der Waals surface area contributed by atoms with Gasteiger partial charge in [0.1, 0.15) is 5.75 Å². The first-order chi connectivity index (χ1) is 19.4. The summed E-state index contributed by atoms with van der Waals surface area (Å²) in [5.41, 5.74) is 10.7. The molecule has 2 fully saturated rings. The molecular weight excluding hydrogens is 498 g/mol. The fraction of sp³-hybridized carbons (Fsp3) is 0.412. The lowest BCUT2D eigenvalue weighted by Crippen LogP contribution is -2.61. The van der Waals surface area contributed by atoms with Gasteiger partial charge in [0.05, 0.1) is 18.2 Å². The zero-order valence-electron chi connectivity index (χ0n) is 23.5. The molecule has 2 amide bonds. The van der Waals surface area contributed by atoms with E-state index in [2.05, 4.69) is 48.6 Å². The highest BCUT2D eigenvalue weighted by atomic mass is 16.5. The number of aryl methyl sites for hydroxylation is 1. The van der Waals surface area contributed by atoms with E-state index in [9.17, 15) is 9.59 Å². The van der Waals surface area contributed by atoms with Crippen molar-refractivity contribution in [2.75, 3.05) is 20.2 Å². The van der Waals surface area contributed by atoms with E-state index in [1.165, 1.54) is 16.0 Å². The molecule has 4 unspecified atom stereocenters. The van der Waals surface area contributed by atoms with E-state index in [0.29, 0.717) is 17.7 Å². The third kappa shape index (κ3) is 4.25. The molecule has 0 spiro atoms. The standard InChI is InChI=1S/C34H39N3O3/c1-33-17-16-25(35)22-34(33,24-12-6-13-26(21-24)40-2)18-19-36-30(33)27-14-7-15-28-29(27)32(39)37(31(28)38)20-8-11-23-9-4-3-5-10-23/h3-7,9-10,12-15,21,25,30,36H,8,11,16-20,22,35H2,1-2H3. The first-order valence-corrected chi connectivity index (χ1v) is 14.5. The maximum Gasteiger partial charge on any atom is 0.261 e. The normalized spacial score (nSPS) is 27.8. The Kier molecular flexibility index (Phi) is 7.01. The predicted octanol–water partition coefficient (Wildman–Crippen LogP) is 5.41. The molecule has 208 valence electrons. The largest absolute Gasteiger partial charge is 0.497 e. The Balaban J connectivity index is 1.35. The van der Waals surface area contributed by atoms with Crippen molar-refractivity contribution in [2.45, 2.75) is 62.9 Å². The zero-order valence-corrected chi connectivity index (χ0v) is 23.5. The monoisotopic (exact) mass is 537 g/mol. The summed E-state index contributed by atoms with van der Waals surface area (Å²) in [5, 5.41) is 3.80. The van der Waals surface area contributed by atoms with Gasteiger partial charge in [0.25, 0.3) is 11.8 Å². The lowest BCUT2D eigenvalue weighted by Gasteiger charge is -2.61. The van der Waals surface area contributed by atoms with Crippen LogP contribution in [-0.2, 0) is 11.8 Å². The molecule has 6 heteroatoms. The van der Waals surface area contributed by atoms with Crippen molar-refractivity contribution >= 4 is 11.8 Å². The molecule has 6 nitrogen and oxygen atoms in total. The molecule has 3 N–H and O–H groups in total. The minimum atomic E-state index is -0.216. The van der Waals surface area contributed by atoms with Crippen molar-refractivity contribution in [3.05, 3.63) is 101 Å². The van der Waals surface area contributed by atoms with Crippen LogP contribution in [0.1, 0.15) is 82.5 Å². The minimum absolute atomic E-state index is 0.0871. The summed E-state index contributed by atoms with van der Waals surface area (Å²) in [6, 6.07) is 24.5. The molecule has 1 aliphatic carbocycles. The number of amides is 2. The van der Waals surface area contributed by atoms with Crippen molar-refractivity contribution in [3.63, 3.8) is 0 Å². The predicted molar refractivity (Wildman–Crippen MR) is 157 cm³/mol. The SMILES string of the molecule is COc1cccc(C23CCNC(c4cccc5c4C(=O)N(CCCc4ccccc4)C5=O)C2(C)CCC(N)C3)c1. The quantitative estimate of drug-likeness (QED) is 0.394. The summed E-state index contributed by atoms with van der Waals surface area (Å²) in [6.07, 6.45) is 5.24. The van der Waals surface area contributed by atoms with Crippen molar-refractivity contribution in [3.8, 4) is 5.75 Å². The zero-order chi connectivity index (χ0) is 27.9. The van der Waals surface area contributed by atoms with Gasteiger partial charge in [-0.05, 0) is 85.4 Å². The van der Waals surface area contributed by atoms with Crippen molar-refractivity contribution in [1.29, 1.82) is 0 Å². The van der Waals surface area contributed by atoms with Crippen LogP contribution in [0.3, 0.4) is 0 Å². The summed E-state index contributed by atoms with van der Waals surface area (Å²) in [4.78, 5) is 28.9. The maximum atomic E-state index is 13.9. The molecular formula is C34H39N3O3. The highest BCUT2D eigenvalue weighted by Gasteiger charge is 2.59. The first kappa shape index (κ1) is 26.7. The molecule has 2 aliphatic heterocycles. The van der Waals surface area contributed by atoms with E-state index in [1.54, 1.807) is 7.11 Å².